The number of hydrogen-bond acceptors (Lipinski definition) is 4. The molecule has 0 aliphatic heterocycles. The average Bonchev–Trinajstić information content (AvgIpc) is 2.28. The molecule has 0 heterocycles. The minimum Gasteiger partial charge on any atom is -0.395 e. The van der Waals surface area contributed by atoms with Gasteiger partial charge in [-0.3, -0.25) is 10.1 Å². The molecule has 19 heavy (non-hydrogen) atoms. The number of halogens is 1. The summed E-state index contributed by atoms with van der Waals surface area (Å²) in [7, 11) is 0. The number of aliphatic hydroxyl groups excluding tert-OH is 1. The smallest absolute Gasteiger partial charge is 0.273 e. The van der Waals surface area contributed by atoms with Gasteiger partial charge in [-0.15, -0.1) is 0 Å². The standard InChI is InChI=1S/C13H17ClN2O3/c1-9-7-13(11(14)8-12(9)16(18)19)15(5-6-17)10-3-2-4-10/h7-8,10,17H,2-6H2,1H3. The lowest BCUT2D eigenvalue weighted by molar-refractivity contribution is -0.385. The fraction of sp³-hybridized carbons (Fsp3) is 0.538. The van der Waals surface area contributed by atoms with Crippen LogP contribution in [0.15, 0.2) is 12.1 Å². The van der Waals surface area contributed by atoms with Gasteiger partial charge in [0.15, 0.2) is 0 Å². The Labute approximate surface area is 116 Å². The third kappa shape index (κ3) is 2.82. The molecule has 0 saturated heterocycles. The SMILES string of the molecule is Cc1cc(N(CCO)C2CCC2)c(Cl)cc1[N+](=O)[O-]. The molecule has 0 radical (unpaired) electrons. The van der Waals surface area contributed by atoms with Gasteiger partial charge in [-0.25, -0.2) is 0 Å². The van der Waals surface area contributed by atoms with Gasteiger partial charge >= 0.3 is 0 Å². The molecule has 1 aliphatic rings. The highest BCUT2D eigenvalue weighted by molar-refractivity contribution is 6.33. The van der Waals surface area contributed by atoms with Crippen LogP contribution in [0, 0.1) is 17.0 Å². The molecule has 104 valence electrons. The highest BCUT2D eigenvalue weighted by Gasteiger charge is 2.27. The summed E-state index contributed by atoms with van der Waals surface area (Å²) in [6.07, 6.45) is 3.33. The van der Waals surface area contributed by atoms with E-state index in [0.717, 1.165) is 18.5 Å². The first kappa shape index (κ1) is 14.1. The normalized spacial score (nSPS) is 15.1. The van der Waals surface area contributed by atoms with Crippen LogP contribution in [0.4, 0.5) is 11.4 Å². The van der Waals surface area contributed by atoms with Gasteiger partial charge in [0.05, 0.1) is 22.2 Å². The molecule has 1 fully saturated rings. The number of benzene rings is 1. The van der Waals surface area contributed by atoms with Crippen molar-refractivity contribution in [3.05, 3.63) is 32.8 Å². The first-order valence-corrected chi connectivity index (χ1v) is 6.74. The third-order valence-corrected chi connectivity index (χ3v) is 3.93. The van der Waals surface area contributed by atoms with Crippen molar-refractivity contribution in [2.45, 2.75) is 32.2 Å². The van der Waals surface area contributed by atoms with Gasteiger partial charge in [-0.05, 0) is 32.3 Å². The number of nitro benzene ring substituents is 1. The van der Waals surface area contributed by atoms with E-state index in [1.54, 1.807) is 13.0 Å². The first-order valence-electron chi connectivity index (χ1n) is 6.36. The number of rotatable bonds is 5. The fourth-order valence-corrected chi connectivity index (χ4v) is 2.64. The Kier molecular flexibility index (Phi) is 4.27. The van der Waals surface area contributed by atoms with Crippen LogP contribution in [0.25, 0.3) is 0 Å². The number of aliphatic hydroxyl groups is 1. The molecule has 6 heteroatoms. The van der Waals surface area contributed by atoms with Crippen molar-refractivity contribution in [3.8, 4) is 0 Å². The number of aryl methyl sites for hydroxylation is 1. The Hall–Kier alpha value is -1.33. The van der Waals surface area contributed by atoms with Gasteiger partial charge in [0.1, 0.15) is 0 Å². The molecule has 1 aromatic rings. The predicted molar refractivity (Wildman–Crippen MR) is 74.9 cm³/mol. The molecule has 0 atom stereocenters. The van der Waals surface area contributed by atoms with Crippen molar-refractivity contribution >= 4 is 23.0 Å². The zero-order chi connectivity index (χ0) is 14.0. The van der Waals surface area contributed by atoms with Crippen LogP contribution < -0.4 is 4.90 Å². The highest BCUT2D eigenvalue weighted by Crippen LogP contribution is 2.37. The largest absolute Gasteiger partial charge is 0.395 e. The van der Waals surface area contributed by atoms with E-state index >= 15 is 0 Å². The molecule has 1 N–H and O–H groups in total. The van der Waals surface area contributed by atoms with E-state index in [0.29, 0.717) is 23.2 Å². The van der Waals surface area contributed by atoms with Crippen LogP contribution in [0.5, 0.6) is 0 Å². The number of nitrogens with zero attached hydrogens (tertiary/aromatic N) is 2. The Bertz CT molecular complexity index is 489. The molecule has 1 aromatic carbocycles. The summed E-state index contributed by atoms with van der Waals surface area (Å²) >= 11 is 6.17. The maximum atomic E-state index is 10.9. The Morgan fingerprint density at radius 2 is 2.21 bits per heavy atom. The van der Waals surface area contributed by atoms with E-state index in [-0.39, 0.29) is 12.3 Å². The van der Waals surface area contributed by atoms with Gasteiger partial charge in [-0.1, -0.05) is 11.6 Å². The quantitative estimate of drug-likeness (QED) is 0.667. The molecule has 0 bridgehead atoms. The van der Waals surface area contributed by atoms with E-state index in [1.807, 2.05) is 0 Å². The molecule has 2 rings (SSSR count). The lowest BCUT2D eigenvalue weighted by atomic mass is 9.91. The summed E-state index contributed by atoms with van der Waals surface area (Å²) in [4.78, 5) is 12.5. The second kappa shape index (κ2) is 5.75. The fourth-order valence-electron chi connectivity index (χ4n) is 2.38. The highest BCUT2D eigenvalue weighted by atomic mass is 35.5. The Morgan fingerprint density at radius 3 is 2.68 bits per heavy atom. The number of anilines is 1. The first-order chi connectivity index (χ1) is 9.04. The summed E-state index contributed by atoms with van der Waals surface area (Å²) in [5.74, 6) is 0. The van der Waals surface area contributed by atoms with Gasteiger partial charge in [-0.2, -0.15) is 0 Å². The van der Waals surface area contributed by atoms with Crippen molar-refractivity contribution in [1.82, 2.24) is 0 Å². The maximum absolute atomic E-state index is 10.9. The summed E-state index contributed by atoms with van der Waals surface area (Å²) < 4.78 is 0. The van der Waals surface area contributed by atoms with E-state index < -0.39 is 4.92 Å². The molecule has 0 amide bonds. The van der Waals surface area contributed by atoms with E-state index in [4.69, 9.17) is 11.6 Å². The second-order valence-corrected chi connectivity index (χ2v) is 5.26. The van der Waals surface area contributed by atoms with Crippen molar-refractivity contribution < 1.29 is 10.0 Å². The molecule has 0 aromatic heterocycles. The van der Waals surface area contributed by atoms with Crippen LogP contribution in [0.2, 0.25) is 5.02 Å². The van der Waals surface area contributed by atoms with Crippen LogP contribution in [0.1, 0.15) is 24.8 Å². The molecule has 1 aliphatic carbocycles. The lowest BCUT2D eigenvalue weighted by Gasteiger charge is -2.39. The molecule has 0 unspecified atom stereocenters. The van der Waals surface area contributed by atoms with Crippen LogP contribution in [0.3, 0.4) is 0 Å². The lowest BCUT2D eigenvalue weighted by Crippen LogP contribution is -2.42. The zero-order valence-corrected chi connectivity index (χ0v) is 11.6. The number of nitro groups is 1. The van der Waals surface area contributed by atoms with Crippen molar-refractivity contribution in [3.63, 3.8) is 0 Å². The Morgan fingerprint density at radius 1 is 1.53 bits per heavy atom. The molecule has 5 nitrogen and oxygen atoms in total. The summed E-state index contributed by atoms with van der Waals surface area (Å²) in [5.41, 5.74) is 1.40. The Balaban J connectivity index is 2.36. The number of hydrogen-bond donors (Lipinski definition) is 1. The van der Waals surface area contributed by atoms with Crippen molar-refractivity contribution in [2.24, 2.45) is 0 Å². The average molecular weight is 285 g/mol. The molecule has 1 saturated carbocycles. The molecular weight excluding hydrogens is 268 g/mol. The van der Waals surface area contributed by atoms with Crippen LogP contribution in [-0.4, -0.2) is 29.2 Å². The third-order valence-electron chi connectivity index (χ3n) is 3.63. The van der Waals surface area contributed by atoms with E-state index in [9.17, 15) is 15.2 Å². The van der Waals surface area contributed by atoms with Crippen LogP contribution >= 0.6 is 11.6 Å². The molecular formula is C13H17ClN2O3. The summed E-state index contributed by atoms with van der Waals surface area (Å²) in [6.45, 7) is 2.25. The molecule has 0 spiro atoms. The van der Waals surface area contributed by atoms with E-state index in [1.165, 1.54) is 12.5 Å². The van der Waals surface area contributed by atoms with Gasteiger partial charge < -0.3 is 10.0 Å². The van der Waals surface area contributed by atoms with Gasteiger partial charge in [0.2, 0.25) is 0 Å². The topological polar surface area (TPSA) is 66.6 Å². The minimum absolute atomic E-state index is 0.0336. The van der Waals surface area contributed by atoms with E-state index in [2.05, 4.69) is 4.90 Å². The van der Waals surface area contributed by atoms with Gasteiger partial charge in [0, 0.05) is 24.2 Å². The summed E-state index contributed by atoms with van der Waals surface area (Å²) in [5, 5.41) is 20.4. The zero-order valence-electron chi connectivity index (χ0n) is 10.8. The predicted octanol–water partition coefficient (Wildman–Crippen LogP) is 2.91. The van der Waals surface area contributed by atoms with Crippen molar-refractivity contribution in [1.29, 1.82) is 0 Å². The van der Waals surface area contributed by atoms with Crippen molar-refractivity contribution in [2.75, 3.05) is 18.1 Å². The van der Waals surface area contributed by atoms with Gasteiger partial charge in [0.25, 0.3) is 5.69 Å². The monoisotopic (exact) mass is 284 g/mol. The maximum Gasteiger partial charge on any atom is 0.273 e. The van der Waals surface area contributed by atoms with Crippen LogP contribution in [-0.2, 0) is 0 Å². The second-order valence-electron chi connectivity index (χ2n) is 4.85. The summed E-state index contributed by atoms with van der Waals surface area (Å²) in [6, 6.07) is 3.52. The minimum atomic E-state index is -0.426.